The highest BCUT2D eigenvalue weighted by Crippen LogP contribution is 2.18. The highest BCUT2D eigenvalue weighted by atomic mass is 16.5. The Bertz CT molecular complexity index is 451. The third kappa shape index (κ3) is 5.45. The zero-order valence-corrected chi connectivity index (χ0v) is 14.4. The van der Waals surface area contributed by atoms with Gasteiger partial charge in [0.25, 0.3) is 0 Å². The summed E-state index contributed by atoms with van der Waals surface area (Å²) in [5.74, 6) is -1.75. The van der Waals surface area contributed by atoms with E-state index in [1.807, 2.05) is 0 Å². The van der Waals surface area contributed by atoms with Crippen molar-refractivity contribution in [3.05, 3.63) is 0 Å². The molecule has 0 bridgehead atoms. The lowest BCUT2D eigenvalue weighted by molar-refractivity contribution is -0.154. The molecule has 0 aromatic rings. The van der Waals surface area contributed by atoms with Crippen molar-refractivity contribution in [1.82, 2.24) is 20.4 Å². The second kappa shape index (κ2) is 9.58. The maximum absolute atomic E-state index is 12.2. The van der Waals surface area contributed by atoms with Crippen LogP contribution in [0.1, 0.15) is 19.8 Å². The van der Waals surface area contributed by atoms with Crippen molar-refractivity contribution in [2.75, 3.05) is 59.0 Å². The van der Waals surface area contributed by atoms with Gasteiger partial charge in [-0.05, 0) is 19.8 Å². The molecular weight excluding hydrogens is 312 g/mol. The van der Waals surface area contributed by atoms with Crippen molar-refractivity contribution in [3.63, 3.8) is 0 Å². The first-order valence-corrected chi connectivity index (χ1v) is 8.78. The van der Waals surface area contributed by atoms with Crippen LogP contribution in [0, 0.1) is 5.92 Å². The van der Waals surface area contributed by atoms with Gasteiger partial charge < -0.3 is 20.3 Å². The topological polar surface area (TPSA) is 91.0 Å². The van der Waals surface area contributed by atoms with Crippen molar-refractivity contribution >= 4 is 17.8 Å². The molecule has 2 aliphatic rings. The minimum absolute atomic E-state index is 0.267. The van der Waals surface area contributed by atoms with Crippen LogP contribution in [0.15, 0.2) is 0 Å². The zero-order valence-electron chi connectivity index (χ0n) is 14.4. The van der Waals surface area contributed by atoms with E-state index in [1.54, 1.807) is 6.92 Å². The summed E-state index contributed by atoms with van der Waals surface area (Å²) in [4.78, 5) is 39.8. The first kappa shape index (κ1) is 18.7. The van der Waals surface area contributed by atoms with Crippen LogP contribution in [0.5, 0.6) is 0 Å². The molecule has 2 amide bonds. The number of ether oxygens (including phenoxy) is 1. The zero-order chi connectivity index (χ0) is 17.4. The second-order valence-electron chi connectivity index (χ2n) is 6.19. The molecule has 8 nitrogen and oxygen atoms in total. The molecule has 2 fully saturated rings. The van der Waals surface area contributed by atoms with Crippen LogP contribution in [-0.4, -0.2) is 86.5 Å². The molecule has 2 heterocycles. The van der Waals surface area contributed by atoms with E-state index in [2.05, 4.69) is 15.5 Å². The van der Waals surface area contributed by atoms with Crippen molar-refractivity contribution < 1.29 is 19.1 Å². The summed E-state index contributed by atoms with van der Waals surface area (Å²) >= 11 is 0. The van der Waals surface area contributed by atoms with Gasteiger partial charge in [0.1, 0.15) is 0 Å². The summed E-state index contributed by atoms with van der Waals surface area (Å²) in [7, 11) is 0. The Balaban J connectivity index is 1.73. The monoisotopic (exact) mass is 340 g/mol. The lowest BCUT2D eigenvalue weighted by atomic mass is 9.98. The summed E-state index contributed by atoms with van der Waals surface area (Å²) in [6.07, 6.45) is 1.41. The van der Waals surface area contributed by atoms with Crippen molar-refractivity contribution in [3.8, 4) is 0 Å². The van der Waals surface area contributed by atoms with Crippen molar-refractivity contribution in [1.29, 1.82) is 0 Å². The second-order valence-corrected chi connectivity index (χ2v) is 6.19. The molecule has 0 spiro atoms. The van der Waals surface area contributed by atoms with Crippen LogP contribution in [0.25, 0.3) is 0 Å². The standard InChI is InChI=1S/C16H28N4O4/c1-2-24-16(23)13-4-3-8-20(12-13)15(22)14(21)18-7-11-19-9-5-17-6-10-19/h13,17H,2-12H2,1H3,(H,18,21). The Morgan fingerprint density at radius 1 is 1.21 bits per heavy atom. The molecule has 2 N–H and O–H groups in total. The minimum atomic E-state index is -0.588. The number of hydrogen-bond donors (Lipinski definition) is 2. The van der Waals surface area contributed by atoms with E-state index in [4.69, 9.17) is 4.74 Å². The van der Waals surface area contributed by atoms with Gasteiger partial charge in [-0.3, -0.25) is 19.3 Å². The van der Waals surface area contributed by atoms with Gasteiger partial charge in [-0.1, -0.05) is 0 Å². The highest BCUT2D eigenvalue weighted by Gasteiger charge is 2.31. The van der Waals surface area contributed by atoms with Crippen LogP contribution in [0.4, 0.5) is 0 Å². The molecule has 0 aliphatic carbocycles. The Hall–Kier alpha value is -1.67. The quantitative estimate of drug-likeness (QED) is 0.483. The first-order valence-electron chi connectivity index (χ1n) is 8.78. The van der Waals surface area contributed by atoms with Gasteiger partial charge in [-0.15, -0.1) is 0 Å². The van der Waals surface area contributed by atoms with E-state index in [0.717, 1.165) is 32.7 Å². The molecule has 2 rings (SSSR count). The molecule has 0 radical (unpaired) electrons. The molecule has 0 aromatic heterocycles. The number of hydrogen-bond acceptors (Lipinski definition) is 6. The number of nitrogens with zero attached hydrogens (tertiary/aromatic N) is 2. The highest BCUT2D eigenvalue weighted by molar-refractivity contribution is 6.35. The average molecular weight is 340 g/mol. The Labute approximate surface area is 142 Å². The summed E-state index contributed by atoms with van der Waals surface area (Å²) < 4.78 is 5.01. The van der Waals surface area contributed by atoms with Gasteiger partial charge >= 0.3 is 17.8 Å². The average Bonchev–Trinajstić information content (AvgIpc) is 2.62. The van der Waals surface area contributed by atoms with E-state index < -0.39 is 11.8 Å². The Kier molecular flexibility index (Phi) is 7.45. The maximum Gasteiger partial charge on any atom is 0.311 e. The fraction of sp³-hybridized carbons (Fsp3) is 0.812. The minimum Gasteiger partial charge on any atom is -0.466 e. The van der Waals surface area contributed by atoms with Crippen LogP contribution >= 0.6 is 0 Å². The number of carbonyl (C=O) groups is 3. The van der Waals surface area contributed by atoms with Crippen LogP contribution in [0.3, 0.4) is 0 Å². The molecule has 1 unspecified atom stereocenters. The van der Waals surface area contributed by atoms with Gasteiger partial charge in [-0.25, -0.2) is 0 Å². The number of piperidine rings is 1. The van der Waals surface area contributed by atoms with E-state index in [-0.39, 0.29) is 18.4 Å². The predicted molar refractivity (Wildman–Crippen MR) is 88.3 cm³/mol. The Morgan fingerprint density at radius 2 is 1.96 bits per heavy atom. The van der Waals surface area contributed by atoms with Crippen LogP contribution in [0.2, 0.25) is 0 Å². The van der Waals surface area contributed by atoms with Gasteiger partial charge in [-0.2, -0.15) is 0 Å². The first-order chi connectivity index (χ1) is 11.6. The lowest BCUT2D eigenvalue weighted by Gasteiger charge is -2.31. The number of piperazine rings is 1. The molecule has 2 aliphatic heterocycles. The van der Waals surface area contributed by atoms with Crippen molar-refractivity contribution in [2.45, 2.75) is 19.8 Å². The molecule has 0 saturated carbocycles. The number of nitrogens with one attached hydrogen (secondary N) is 2. The van der Waals surface area contributed by atoms with Crippen LogP contribution in [-0.2, 0) is 19.1 Å². The molecule has 1 atom stereocenters. The van der Waals surface area contributed by atoms with Gasteiger partial charge in [0.2, 0.25) is 0 Å². The van der Waals surface area contributed by atoms with Crippen molar-refractivity contribution in [2.24, 2.45) is 5.92 Å². The molecule has 24 heavy (non-hydrogen) atoms. The number of carbonyl (C=O) groups excluding carboxylic acids is 3. The van der Waals surface area contributed by atoms with Gasteiger partial charge in [0.15, 0.2) is 0 Å². The number of amides is 2. The SMILES string of the molecule is CCOC(=O)C1CCCN(C(=O)C(=O)NCCN2CCNCC2)C1. The largest absolute Gasteiger partial charge is 0.466 e. The molecule has 136 valence electrons. The van der Waals surface area contributed by atoms with Gasteiger partial charge in [0.05, 0.1) is 12.5 Å². The predicted octanol–water partition coefficient (Wildman–Crippen LogP) is -1.19. The molecule has 8 heteroatoms. The molecule has 0 aromatic carbocycles. The van der Waals surface area contributed by atoms with Crippen LogP contribution < -0.4 is 10.6 Å². The smallest absolute Gasteiger partial charge is 0.311 e. The van der Waals surface area contributed by atoms with E-state index in [0.29, 0.717) is 32.5 Å². The van der Waals surface area contributed by atoms with E-state index in [1.165, 1.54) is 4.90 Å². The number of rotatable bonds is 5. The fourth-order valence-corrected chi connectivity index (χ4v) is 3.10. The maximum atomic E-state index is 12.2. The molecular formula is C16H28N4O4. The fourth-order valence-electron chi connectivity index (χ4n) is 3.10. The third-order valence-electron chi connectivity index (χ3n) is 4.45. The lowest BCUT2D eigenvalue weighted by Crippen LogP contribution is -2.50. The summed E-state index contributed by atoms with van der Waals surface area (Å²) in [5, 5.41) is 5.96. The summed E-state index contributed by atoms with van der Waals surface area (Å²) in [6.45, 7) is 7.89. The van der Waals surface area contributed by atoms with Gasteiger partial charge in [0, 0.05) is 52.4 Å². The summed E-state index contributed by atoms with van der Waals surface area (Å²) in [6, 6.07) is 0. The normalized spacial score (nSPS) is 22.0. The number of esters is 1. The van der Waals surface area contributed by atoms with E-state index in [9.17, 15) is 14.4 Å². The Morgan fingerprint density at radius 3 is 2.67 bits per heavy atom. The molecule has 2 saturated heterocycles. The number of likely N-dealkylation sites (tertiary alicyclic amines) is 1. The third-order valence-corrected chi connectivity index (χ3v) is 4.45. The summed E-state index contributed by atoms with van der Waals surface area (Å²) in [5.41, 5.74) is 0. The van der Waals surface area contributed by atoms with E-state index >= 15 is 0 Å².